The van der Waals surface area contributed by atoms with Gasteiger partial charge in [0.1, 0.15) is 5.75 Å². The van der Waals surface area contributed by atoms with Crippen LogP contribution in [0.1, 0.15) is 31.2 Å². The molecule has 0 radical (unpaired) electrons. The highest BCUT2D eigenvalue weighted by Gasteiger charge is 2.28. The molecule has 4 nitrogen and oxygen atoms in total. The Balaban J connectivity index is 1.89. The molecule has 120 valence electrons. The number of hydrogen-bond acceptors (Lipinski definition) is 3. The van der Waals surface area contributed by atoms with Crippen molar-refractivity contribution in [3.8, 4) is 5.75 Å². The molecule has 1 saturated carbocycles. The maximum atomic E-state index is 13.0. The number of rotatable bonds is 5. The predicted octanol–water partition coefficient (Wildman–Crippen LogP) is 3.81. The van der Waals surface area contributed by atoms with E-state index in [4.69, 9.17) is 4.74 Å². The summed E-state index contributed by atoms with van der Waals surface area (Å²) in [5.74, 6) is 1.11. The third-order valence-electron chi connectivity index (χ3n) is 4.40. The molecule has 0 bridgehead atoms. The van der Waals surface area contributed by atoms with E-state index in [0.717, 1.165) is 42.7 Å². The summed E-state index contributed by atoms with van der Waals surface area (Å²) < 4.78 is 5.31. The number of ether oxygens (including phenoxy) is 1. The third kappa shape index (κ3) is 3.70. The Morgan fingerprint density at radius 2 is 2.09 bits per heavy atom. The second-order valence-electron chi connectivity index (χ2n) is 5.97. The van der Waals surface area contributed by atoms with Crippen molar-refractivity contribution in [2.24, 2.45) is 5.92 Å². The molecule has 2 aromatic rings. The number of carbonyl (C=O) groups is 1. The van der Waals surface area contributed by atoms with Gasteiger partial charge in [0.05, 0.1) is 13.7 Å². The second-order valence-corrected chi connectivity index (χ2v) is 5.97. The summed E-state index contributed by atoms with van der Waals surface area (Å²) in [5, 5.41) is 0. The molecule has 1 aliphatic rings. The molecule has 0 saturated heterocycles. The molecule has 1 aromatic carbocycles. The quantitative estimate of drug-likeness (QED) is 0.843. The van der Waals surface area contributed by atoms with Gasteiger partial charge in [-0.05, 0) is 36.6 Å². The molecular formula is C19H22N2O2. The van der Waals surface area contributed by atoms with Gasteiger partial charge in [0.15, 0.2) is 0 Å². The monoisotopic (exact) mass is 310 g/mol. The lowest BCUT2D eigenvalue weighted by atomic mass is 10.1. The van der Waals surface area contributed by atoms with E-state index in [-0.39, 0.29) is 11.8 Å². The summed E-state index contributed by atoms with van der Waals surface area (Å²) in [6.45, 7) is 0.538. The minimum absolute atomic E-state index is 0.137. The normalized spacial score (nSPS) is 14.7. The minimum atomic E-state index is 0.137. The lowest BCUT2D eigenvalue weighted by Crippen LogP contribution is -2.35. The van der Waals surface area contributed by atoms with Gasteiger partial charge in [-0.15, -0.1) is 0 Å². The highest BCUT2D eigenvalue weighted by molar-refractivity contribution is 5.95. The lowest BCUT2D eigenvalue weighted by molar-refractivity contribution is -0.122. The number of amides is 1. The Morgan fingerprint density at radius 3 is 2.78 bits per heavy atom. The van der Waals surface area contributed by atoms with Gasteiger partial charge in [0.2, 0.25) is 5.91 Å². The number of hydrogen-bond donors (Lipinski definition) is 0. The molecule has 0 spiro atoms. The van der Waals surface area contributed by atoms with E-state index in [1.54, 1.807) is 13.3 Å². The topological polar surface area (TPSA) is 42.4 Å². The van der Waals surface area contributed by atoms with Crippen LogP contribution in [0.15, 0.2) is 48.8 Å². The molecule has 1 fully saturated rings. The van der Waals surface area contributed by atoms with Crippen LogP contribution in [-0.4, -0.2) is 18.0 Å². The predicted molar refractivity (Wildman–Crippen MR) is 90.4 cm³/mol. The van der Waals surface area contributed by atoms with Gasteiger partial charge >= 0.3 is 0 Å². The zero-order valence-corrected chi connectivity index (χ0v) is 13.4. The third-order valence-corrected chi connectivity index (χ3v) is 4.40. The van der Waals surface area contributed by atoms with E-state index in [2.05, 4.69) is 4.98 Å². The number of benzene rings is 1. The van der Waals surface area contributed by atoms with Gasteiger partial charge in [-0.25, -0.2) is 0 Å². The van der Waals surface area contributed by atoms with Crippen molar-refractivity contribution >= 4 is 11.6 Å². The number of nitrogens with zero attached hydrogens (tertiary/aromatic N) is 2. The standard InChI is InChI=1S/C19H22N2O2/c1-23-18-10-4-9-17(12-18)21(14-15-6-5-11-20-13-15)19(22)16-7-2-3-8-16/h4-6,9-13,16H,2-3,7-8,14H2,1H3. The van der Waals surface area contributed by atoms with E-state index >= 15 is 0 Å². The lowest BCUT2D eigenvalue weighted by Gasteiger charge is -2.26. The average Bonchev–Trinajstić information content (AvgIpc) is 3.15. The van der Waals surface area contributed by atoms with Gasteiger partial charge in [-0.2, -0.15) is 0 Å². The van der Waals surface area contributed by atoms with Crippen LogP contribution in [0.5, 0.6) is 5.75 Å². The molecule has 1 heterocycles. The molecule has 0 atom stereocenters. The van der Waals surface area contributed by atoms with E-state index < -0.39 is 0 Å². The van der Waals surface area contributed by atoms with Crippen LogP contribution < -0.4 is 9.64 Å². The first kappa shape index (κ1) is 15.5. The molecule has 3 rings (SSSR count). The highest BCUT2D eigenvalue weighted by Crippen LogP contribution is 2.30. The van der Waals surface area contributed by atoms with Crippen LogP contribution >= 0.6 is 0 Å². The first-order valence-corrected chi connectivity index (χ1v) is 8.12. The molecule has 0 aliphatic heterocycles. The Bertz CT molecular complexity index is 651. The van der Waals surface area contributed by atoms with Crippen LogP contribution in [0, 0.1) is 5.92 Å². The van der Waals surface area contributed by atoms with E-state index in [0.29, 0.717) is 6.54 Å². The number of methoxy groups -OCH3 is 1. The minimum Gasteiger partial charge on any atom is -0.497 e. The number of pyridine rings is 1. The van der Waals surface area contributed by atoms with Gasteiger partial charge in [-0.1, -0.05) is 25.0 Å². The Kier molecular flexibility index (Phi) is 4.91. The van der Waals surface area contributed by atoms with Crippen molar-refractivity contribution in [2.45, 2.75) is 32.2 Å². The highest BCUT2D eigenvalue weighted by atomic mass is 16.5. The maximum absolute atomic E-state index is 13.0. The summed E-state index contributed by atoms with van der Waals surface area (Å²) in [5.41, 5.74) is 1.91. The van der Waals surface area contributed by atoms with Crippen molar-refractivity contribution < 1.29 is 9.53 Å². The number of carbonyl (C=O) groups excluding carboxylic acids is 1. The smallest absolute Gasteiger partial charge is 0.230 e. The molecule has 0 unspecified atom stereocenters. The molecule has 1 aromatic heterocycles. The number of anilines is 1. The molecule has 1 amide bonds. The first-order valence-electron chi connectivity index (χ1n) is 8.12. The van der Waals surface area contributed by atoms with Gasteiger partial charge in [-0.3, -0.25) is 9.78 Å². The van der Waals surface area contributed by atoms with Crippen LogP contribution in [0.3, 0.4) is 0 Å². The molecule has 23 heavy (non-hydrogen) atoms. The second kappa shape index (κ2) is 7.27. The van der Waals surface area contributed by atoms with E-state index in [1.165, 1.54) is 0 Å². The summed E-state index contributed by atoms with van der Waals surface area (Å²) in [6, 6.07) is 11.6. The molecule has 0 N–H and O–H groups in total. The van der Waals surface area contributed by atoms with Gasteiger partial charge in [0.25, 0.3) is 0 Å². The first-order chi connectivity index (χ1) is 11.3. The summed E-state index contributed by atoms with van der Waals surface area (Å²) in [6.07, 6.45) is 7.84. The van der Waals surface area contributed by atoms with Crippen LogP contribution in [0.25, 0.3) is 0 Å². The Hall–Kier alpha value is -2.36. The van der Waals surface area contributed by atoms with Gasteiger partial charge < -0.3 is 9.64 Å². The molecule has 1 aliphatic carbocycles. The largest absolute Gasteiger partial charge is 0.497 e. The fraction of sp³-hybridized carbons (Fsp3) is 0.368. The van der Waals surface area contributed by atoms with Crippen molar-refractivity contribution in [1.82, 2.24) is 4.98 Å². The van der Waals surface area contributed by atoms with Crippen LogP contribution in [0.4, 0.5) is 5.69 Å². The van der Waals surface area contributed by atoms with E-state index in [1.807, 2.05) is 47.5 Å². The SMILES string of the molecule is COc1cccc(N(Cc2cccnc2)C(=O)C2CCCC2)c1. The Morgan fingerprint density at radius 1 is 1.26 bits per heavy atom. The summed E-state index contributed by atoms with van der Waals surface area (Å²) >= 11 is 0. The molecule has 4 heteroatoms. The maximum Gasteiger partial charge on any atom is 0.230 e. The van der Waals surface area contributed by atoms with E-state index in [9.17, 15) is 4.79 Å². The summed E-state index contributed by atoms with van der Waals surface area (Å²) in [4.78, 5) is 19.0. The van der Waals surface area contributed by atoms with Crippen molar-refractivity contribution in [3.05, 3.63) is 54.4 Å². The van der Waals surface area contributed by atoms with Crippen LogP contribution in [-0.2, 0) is 11.3 Å². The zero-order chi connectivity index (χ0) is 16.1. The average molecular weight is 310 g/mol. The van der Waals surface area contributed by atoms with Crippen molar-refractivity contribution in [2.75, 3.05) is 12.0 Å². The van der Waals surface area contributed by atoms with Crippen molar-refractivity contribution in [3.63, 3.8) is 0 Å². The molecular weight excluding hydrogens is 288 g/mol. The van der Waals surface area contributed by atoms with Crippen molar-refractivity contribution in [1.29, 1.82) is 0 Å². The fourth-order valence-electron chi connectivity index (χ4n) is 3.14. The zero-order valence-electron chi connectivity index (χ0n) is 13.4. The fourth-order valence-corrected chi connectivity index (χ4v) is 3.14. The van der Waals surface area contributed by atoms with Crippen LogP contribution in [0.2, 0.25) is 0 Å². The number of aromatic nitrogens is 1. The van der Waals surface area contributed by atoms with Gasteiger partial charge in [0, 0.05) is 30.1 Å². The Labute approximate surface area is 137 Å². The summed E-state index contributed by atoms with van der Waals surface area (Å²) in [7, 11) is 1.64.